The molecule has 2 aliphatic rings. The molecule has 1 N–H and O–H groups in total. The average molecular weight is 537 g/mol. The summed E-state index contributed by atoms with van der Waals surface area (Å²) in [6, 6.07) is 10.4. The molecule has 2 aromatic carbocycles. The molecule has 9 heteroatoms. The van der Waals surface area contributed by atoms with Crippen molar-refractivity contribution in [2.45, 2.75) is 69.8 Å². The first-order valence-corrected chi connectivity index (χ1v) is 13.2. The SMILES string of the molecule is COc1cc(CNC(=O)[C@@]2(C(C)C)CCC(N3CCC(c4ccc(F)cc4)CC3)CO2)cc(C(F)(F)F)c1. The van der Waals surface area contributed by atoms with Gasteiger partial charge in [0.2, 0.25) is 0 Å². The number of methoxy groups -OCH3 is 1. The molecule has 0 radical (unpaired) electrons. The van der Waals surface area contributed by atoms with Crippen molar-refractivity contribution >= 4 is 5.91 Å². The van der Waals surface area contributed by atoms with Gasteiger partial charge in [-0.05, 0) is 92.1 Å². The highest BCUT2D eigenvalue weighted by atomic mass is 19.4. The van der Waals surface area contributed by atoms with Crippen molar-refractivity contribution < 1.29 is 31.8 Å². The molecule has 2 saturated heterocycles. The summed E-state index contributed by atoms with van der Waals surface area (Å²) in [5.41, 5.74) is -0.379. The smallest absolute Gasteiger partial charge is 0.416 e. The van der Waals surface area contributed by atoms with Gasteiger partial charge in [-0.1, -0.05) is 26.0 Å². The van der Waals surface area contributed by atoms with Gasteiger partial charge in [0.05, 0.1) is 19.3 Å². The van der Waals surface area contributed by atoms with Gasteiger partial charge in [-0.25, -0.2) is 4.39 Å². The van der Waals surface area contributed by atoms with Crippen molar-refractivity contribution in [2.75, 3.05) is 26.8 Å². The molecule has 2 aliphatic heterocycles. The van der Waals surface area contributed by atoms with Crippen molar-refractivity contribution in [3.8, 4) is 5.75 Å². The van der Waals surface area contributed by atoms with Crippen LogP contribution in [-0.4, -0.2) is 49.3 Å². The van der Waals surface area contributed by atoms with Crippen molar-refractivity contribution in [1.29, 1.82) is 0 Å². The Labute approximate surface area is 221 Å². The minimum Gasteiger partial charge on any atom is -0.497 e. The van der Waals surface area contributed by atoms with Crippen LogP contribution in [0.15, 0.2) is 42.5 Å². The van der Waals surface area contributed by atoms with E-state index in [1.165, 1.54) is 30.9 Å². The van der Waals surface area contributed by atoms with Crippen LogP contribution in [0.2, 0.25) is 0 Å². The number of nitrogens with zero attached hydrogens (tertiary/aromatic N) is 1. The monoisotopic (exact) mass is 536 g/mol. The molecule has 208 valence electrons. The molecule has 2 fully saturated rings. The maximum Gasteiger partial charge on any atom is 0.416 e. The second kappa shape index (κ2) is 11.6. The number of ether oxygens (including phenoxy) is 2. The molecule has 1 amide bonds. The molecule has 5 nitrogen and oxygen atoms in total. The van der Waals surface area contributed by atoms with Gasteiger partial charge in [0.25, 0.3) is 5.91 Å². The highest BCUT2D eigenvalue weighted by molar-refractivity contribution is 5.85. The van der Waals surface area contributed by atoms with E-state index in [1.807, 2.05) is 26.0 Å². The number of hydrogen-bond acceptors (Lipinski definition) is 4. The number of likely N-dealkylation sites (tertiary alicyclic amines) is 1. The molecule has 0 aromatic heterocycles. The zero-order chi connectivity index (χ0) is 27.5. The molecule has 2 atom stereocenters. The van der Waals surface area contributed by atoms with Gasteiger partial charge >= 0.3 is 6.18 Å². The van der Waals surface area contributed by atoms with Gasteiger partial charge in [-0.2, -0.15) is 13.2 Å². The fraction of sp³-hybridized carbons (Fsp3) is 0.552. The number of carbonyl (C=O) groups excluding carboxylic acids is 1. The fourth-order valence-electron chi connectivity index (χ4n) is 5.68. The van der Waals surface area contributed by atoms with E-state index in [9.17, 15) is 22.4 Å². The number of carbonyl (C=O) groups is 1. The predicted molar refractivity (Wildman–Crippen MR) is 136 cm³/mol. The molecule has 0 spiro atoms. The van der Waals surface area contributed by atoms with Crippen LogP contribution in [0, 0.1) is 11.7 Å². The second-order valence-electron chi connectivity index (χ2n) is 10.7. The Morgan fingerprint density at radius 2 is 1.82 bits per heavy atom. The first-order valence-electron chi connectivity index (χ1n) is 13.2. The number of rotatable bonds is 7. The number of halogens is 4. The van der Waals surface area contributed by atoms with Crippen LogP contribution in [0.4, 0.5) is 17.6 Å². The van der Waals surface area contributed by atoms with Crippen molar-refractivity contribution in [1.82, 2.24) is 10.2 Å². The summed E-state index contributed by atoms with van der Waals surface area (Å²) in [6.07, 6.45) is -1.21. The maximum atomic E-state index is 13.3. The zero-order valence-corrected chi connectivity index (χ0v) is 22.1. The highest BCUT2D eigenvalue weighted by Crippen LogP contribution is 2.37. The first-order chi connectivity index (χ1) is 18.0. The quantitative estimate of drug-likeness (QED) is 0.446. The molecule has 0 bridgehead atoms. The Hall–Kier alpha value is -2.65. The lowest BCUT2D eigenvalue weighted by atomic mass is 9.80. The molecule has 38 heavy (non-hydrogen) atoms. The number of hydrogen-bond donors (Lipinski definition) is 1. The Bertz CT molecular complexity index is 1090. The Kier molecular flexibility index (Phi) is 8.67. The van der Waals surface area contributed by atoms with E-state index in [4.69, 9.17) is 9.47 Å². The van der Waals surface area contributed by atoms with Crippen molar-refractivity contribution in [3.63, 3.8) is 0 Å². The van der Waals surface area contributed by atoms with Crippen LogP contribution in [0.3, 0.4) is 0 Å². The maximum absolute atomic E-state index is 13.3. The minimum atomic E-state index is -4.51. The van der Waals surface area contributed by atoms with Gasteiger partial charge in [0, 0.05) is 12.6 Å². The van der Waals surface area contributed by atoms with E-state index in [1.54, 1.807) is 0 Å². The van der Waals surface area contributed by atoms with E-state index in [2.05, 4.69) is 10.2 Å². The average Bonchev–Trinajstić information content (AvgIpc) is 2.91. The van der Waals surface area contributed by atoms with Crippen LogP contribution in [0.25, 0.3) is 0 Å². The second-order valence-corrected chi connectivity index (χ2v) is 10.7. The van der Waals surface area contributed by atoms with E-state index in [0.717, 1.165) is 44.5 Å². The summed E-state index contributed by atoms with van der Waals surface area (Å²) in [7, 11) is 1.31. The summed E-state index contributed by atoms with van der Waals surface area (Å²) < 4.78 is 64.4. The van der Waals surface area contributed by atoms with Gasteiger partial charge in [-0.15, -0.1) is 0 Å². The lowest BCUT2D eigenvalue weighted by molar-refractivity contribution is -0.170. The largest absolute Gasteiger partial charge is 0.497 e. The number of nitrogens with one attached hydrogen (secondary N) is 1. The molecule has 0 saturated carbocycles. The summed E-state index contributed by atoms with van der Waals surface area (Å²) in [6.45, 7) is 6.05. The third-order valence-corrected chi connectivity index (χ3v) is 8.07. The number of alkyl halides is 3. The molecule has 2 aromatic rings. The molecular weight excluding hydrogens is 500 g/mol. The third-order valence-electron chi connectivity index (χ3n) is 8.07. The Morgan fingerprint density at radius 1 is 1.13 bits per heavy atom. The summed E-state index contributed by atoms with van der Waals surface area (Å²) in [5.74, 6) is -0.146. The lowest BCUT2D eigenvalue weighted by Gasteiger charge is -2.46. The van der Waals surface area contributed by atoms with Crippen LogP contribution >= 0.6 is 0 Å². The Morgan fingerprint density at radius 3 is 2.37 bits per heavy atom. The summed E-state index contributed by atoms with van der Waals surface area (Å²) >= 11 is 0. The molecular formula is C29H36F4N2O3. The molecule has 0 aliphatic carbocycles. The summed E-state index contributed by atoms with van der Waals surface area (Å²) in [4.78, 5) is 15.8. The number of benzene rings is 2. The minimum absolute atomic E-state index is 0.0583. The van der Waals surface area contributed by atoms with Crippen molar-refractivity contribution in [3.05, 3.63) is 65.0 Å². The normalized spacial score (nSPS) is 23.4. The van der Waals surface area contributed by atoms with E-state index in [-0.39, 0.29) is 36.0 Å². The third kappa shape index (κ3) is 6.31. The van der Waals surface area contributed by atoms with E-state index < -0.39 is 17.3 Å². The first kappa shape index (κ1) is 28.4. The van der Waals surface area contributed by atoms with Gasteiger partial charge in [0.1, 0.15) is 17.2 Å². The van der Waals surface area contributed by atoms with Crippen LogP contribution in [-0.2, 0) is 22.3 Å². The zero-order valence-electron chi connectivity index (χ0n) is 22.1. The standard InChI is InChI=1S/C29H36F4N2O3/c1-19(2)28(27(36)34-17-20-14-23(29(31,32)33)16-26(15-20)37-3)11-8-25(18-38-28)35-12-9-22(10-13-35)21-4-6-24(30)7-5-21/h4-7,14-16,19,22,25H,8-13,17-18H2,1-3H3,(H,34,36)/t25?,28-/m0/s1. The summed E-state index contributed by atoms with van der Waals surface area (Å²) in [5, 5.41) is 2.82. The molecule has 2 heterocycles. The van der Waals surface area contributed by atoms with Gasteiger partial charge in [-0.3, -0.25) is 9.69 Å². The van der Waals surface area contributed by atoms with E-state index >= 15 is 0 Å². The van der Waals surface area contributed by atoms with Crippen LogP contribution < -0.4 is 10.1 Å². The fourth-order valence-corrected chi connectivity index (χ4v) is 5.68. The van der Waals surface area contributed by atoms with Crippen LogP contribution in [0.1, 0.15) is 62.1 Å². The number of amides is 1. The Balaban J connectivity index is 1.34. The predicted octanol–water partition coefficient (Wildman–Crippen LogP) is 5.92. The molecule has 4 rings (SSSR count). The van der Waals surface area contributed by atoms with E-state index in [0.29, 0.717) is 24.5 Å². The van der Waals surface area contributed by atoms with Crippen LogP contribution in [0.5, 0.6) is 5.75 Å². The molecule has 1 unspecified atom stereocenters. The lowest BCUT2D eigenvalue weighted by Crippen LogP contribution is -2.58. The van der Waals surface area contributed by atoms with Crippen molar-refractivity contribution in [2.24, 2.45) is 5.92 Å². The number of piperidine rings is 1. The van der Waals surface area contributed by atoms with Gasteiger partial charge < -0.3 is 14.8 Å². The van der Waals surface area contributed by atoms with Gasteiger partial charge in [0.15, 0.2) is 0 Å². The highest BCUT2D eigenvalue weighted by Gasteiger charge is 2.47. The topological polar surface area (TPSA) is 50.8 Å².